The Balaban J connectivity index is 2.53. The zero-order valence-electron chi connectivity index (χ0n) is 9.92. The Morgan fingerprint density at radius 1 is 1.24 bits per heavy atom. The molecule has 0 bridgehead atoms. The van der Waals surface area contributed by atoms with E-state index in [1.54, 1.807) is 6.07 Å². The Labute approximate surface area is 100 Å². The second-order valence-electron chi connectivity index (χ2n) is 4.05. The van der Waals surface area contributed by atoms with E-state index in [-0.39, 0.29) is 0 Å². The summed E-state index contributed by atoms with van der Waals surface area (Å²) < 4.78 is 1.94. The van der Waals surface area contributed by atoms with Crippen LogP contribution >= 0.6 is 0 Å². The van der Waals surface area contributed by atoms with Crippen LogP contribution in [-0.2, 0) is 0 Å². The Hall–Kier alpha value is -2.23. The molecule has 0 fully saturated rings. The van der Waals surface area contributed by atoms with Crippen molar-refractivity contribution in [3.05, 3.63) is 48.3 Å². The predicted molar refractivity (Wildman–Crippen MR) is 68.6 cm³/mol. The molecule has 88 valence electrons. The van der Waals surface area contributed by atoms with Gasteiger partial charge in [-0.3, -0.25) is 4.79 Å². The molecule has 0 unspecified atom stereocenters. The summed E-state index contributed by atoms with van der Waals surface area (Å²) in [7, 11) is 3.77. The van der Waals surface area contributed by atoms with E-state index in [4.69, 9.17) is 5.73 Å². The van der Waals surface area contributed by atoms with E-state index in [0.717, 1.165) is 11.4 Å². The van der Waals surface area contributed by atoms with Gasteiger partial charge in [0.25, 0.3) is 5.91 Å². The molecule has 4 nitrogen and oxygen atoms in total. The predicted octanol–water partition coefficient (Wildman–Crippen LogP) is 1.64. The number of carbonyl (C=O) groups excluding carboxylic acids is 1. The quantitative estimate of drug-likeness (QED) is 0.870. The number of amides is 1. The maximum absolute atomic E-state index is 11.4. The van der Waals surface area contributed by atoms with Crippen LogP contribution in [0, 0.1) is 0 Å². The van der Waals surface area contributed by atoms with Crippen molar-refractivity contribution < 1.29 is 4.79 Å². The van der Waals surface area contributed by atoms with E-state index < -0.39 is 5.91 Å². The fourth-order valence-corrected chi connectivity index (χ4v) is 1.78. The van der Waals surface area contributed by atoms with Gasteiger partial charge in [-0.25, -0.2) is 0 Å². The number of hydrogen-bond donors (Lipinski definition) is 1. The zero-order valence-corrected chi connectivity index (χ0v) is 9.92. The van der Waals surface area contributed by atoms with Gasteiger partial charge in [0, 0.05) is 37.9 Å². The van der Waals surface area contributed by atoms with Gasteiger partial charge < -0.3 is 15.2 Å². The minimum Gasteiger partial charge on any atom is -0.377 e. The van der Waals surface area contributed by atoms with Gasteiger partial charge in [0.2, 0.25) is 0 Å². The Bertz CT molecular complexity index is 530. The van der Waals surface area contributed by atoms with Crippen LogP contribution in [0.25, 0.3) is 5.69 Å². The number of rotatable bonds is 3. The van der Waals surface area contributed by atoms with Crippen molar-refractivity contribution in [2.24, 2.45) is 5.73 Å². The van der Waals surface area contributed by atoms with Crippen LogP contribution in [0.4, 0.5) is 5.69 Å². The van der Waals surface area contributed by atoms with Gasteiger partial charge in [0.05, 0.1) is 5.56 Å². The van der Waals surface area contributed by atoms with E-state index in [0.29, 0.717) is 5.56 Å². The van der Waals surface area contributed by atoms with E-state index in [2.05, 4.69) is 0 Å². The molecule has 2 rings (SSSR count). The second kappa shape index (κ2) is 4.33. The van der Waals surface area contributed by atoms with E-state index in [9.17, 15) is 4.79 Å². The van der Waals surface area contributed by atoms with Crippen molar-refractivity contribution in [1.82, 2.24) is 4.57 Å². The molecule has 0 radical (unpaired) electrons. The summed E-state index contributed by atoms with van der Waals surface area (Å²) >= 11 is 0. The molecule has 0 aliphatic carbocycles. The van der Waals surface area contributed by atoms with Crippen molar-refractivity contribution in [3.8, 4) is 5.69 Å². The Kier molecular flexibility index (Phi) is 2.87. The second-order valence-corrected chi connectivity index (χ2v) is 4.05. The van der Waals surface area contributed by atoms with Crippen molar-refractivity contribution >= 4 is 11.6 Å². The minimum atomic E-state index is -0.414. The molecule has 2 N–H and O–H groups in total. The number of nitrogens with zero attached hydrogens (tertiary/aromatic N) is 2. The lowest BCUT2D eigenvalue weighted by molar-refractivity contribution is 0.100. The first-order valence-electron chi connectivity index (χ1n) is 5.34. The third-order valence-corrected chi connectivity index (χ3v) is 2.63. The summed E-state index contributed by atoms with van der Waals surface area (Å²) in [6.45, 7) is 0. The SMILES string of the molecule is CN(C)c1ccc(-n2cccc2)cc1C(N)=O. The molecule has 1 heterocycles. The smallest absolute Gasteiger partial charge is 0.250 e. The average Bonchev–Trinajstić information content (AvgIpc) is 2.81. The summed E-state index contributed by atoms with van der Waals surface area (Å²) in [6.07, 6.45) is 3.85. The summed E-state index contributed by atoms with van der Waals surface area (Å²) in [5.74, 6) is -0.414. The van der Waals surface area contributed by atoms with E-state index >= 15 is 0 Å². The molecule has 2 aromatic rings. The van der Waals surface area contributed by atoms with Gasteiger partial charge in [-0.15, -0.1) is 0 Å². The fourth-order valence-electron chi connectivity index (χ4n) is 1.78. The molecule has 4 heteroatoms. The number of aromatic nitrogens is 1. The molecule has 0 saturated carbocycles. The maximum atomic E-state index is 11.4. The minimum absolute atomic E-state index is 0.414. The number of hydrogen-bond acceptors (Lipinski definition) is 2. The molecule has 0 spiro atoms. The number of primary amides is 1. The van der Waals surface area contributed by atoms with Crippen LogP contribution in [0.2, 0.25) is 0 Å². The van der Waals surface area contributed by atoms with Gasteiger partial charge in [-0.2, -0.15) is 0 Å². The first-order chi connectivity index (χ1) is 8.09. The highest BCUT2D eigenvalue weighted by atomic mass is 16.1. The maximum Gasteiger partial charge on any atom is 0.250 e. The lowest BCUT2D eigenvalue weighted by Crippen LogP contribution is -2.18. The average molecular weight is 229 g/mol. The van der Waals surface area contributed by atoms with E-state index in [1.807, 2.05) is 60.2 Å². The summed E-state index contributed by atoms with van der Waals surface area (Å²) in [4.78, 5) is 13.3. The number of benzene rings is 1. The molecule has 0 atom stereocenters. The third kappa shape index (κ3) is 2.15. The van der Waals surface area contributed by atoms with Gasteiger partial charge in [0.15, 0.2) is 0 Å². The molecule has 0 aliphatic heterocycles. The first kappa shape index (κ1) is 11.3. The standard InChI is InChI=1S/C13H15N3O/c1-15(2)12-6-5-10(9-11(12)13(14)17)16-7-3-4-8-16/h3-9H,1-2H3,(H2,14,17). The van der Waals surface area contributed by atoms with Crippen LogP contribution in [0.5, 0.6) is 0 Å². The van der Waals surface area contributed by atoms with Crippen molar-refractivity contribution in [3.63, 3.8) is 0 Å². The van der Waals surface area contributed by atoms with Crippen LogP contribution < -0.4 is 10.6 Å². The Morgan fingerprint density at radius 3 is 2.41 bits per heavy atom. The van der Waals surface area contributed by atoms with Crippen LogP contribution in [0.1, 0.15) is 10.4 Å². The van der Waals surface area contributed by atoms with Gasteiger partial charge >= 0.3 is 0 Å². The highest BCUT2D eigenvalue weighted by Crippen LogP contribution is 2.21. The Morgan fingerprint density at radius 2 is 1.88 bits per heavy atom. The van der Waals surface area contributed by atoms with Crippen LogP contribution in [-0.4, -0.2) is 24.6 Å². The summed E-state index contributed by atoms with van der Waals surface area (Å²) in [6, 6.07) is 9.53. The lowest BCUT2D eigenvalue weighted by Gasteiger charge is -2.17. The highest BCUT2D eigenvalue weighted by Gasteiger charge is 2.11. The monoisotopic (exact) mass is 229 g/mol. The highest BCUT2D eigenvalue weighted by molar-refractivity contribution is 5.99. The topological polar surface area (TPSA) is 51.3 Å². The molecule has 0 aliphatic rings. The molecule has 1 amide bonds. The van der Waals surface area contributed by atoms with Gasteiger partial charge in [-0.05, 0) is 30.3 Å². The number of anilines is 1. The van der Waals surface area contributed by atoms with Crippen LogP contribution in [0.3, 0.4) is 0 Å². The molecular formula is C13H15N3O. The summed E-state index contributed by atoms with van der Waals surface area (Å²) in [5, 5.41) is 0. The fraction of sp³-hybridized carbons (Fsp3) is 0.154. The van der Waals surface area contributed by atoms with Crippen LogP contribution in [0.15, 0.2) is 42.7 Å². The largest absolute Gasteiger partial charge is 0.377 e. The number of nitrogens with two attached hydrogens (primary N) is 1. The normalized spacial score (nSPS) is 10.2. The zero-order chi connectivity index (χ0) is 12.4. The summed E-state index contributed by atoms with van der Waals surface area (Å²) in [5.41, 5.74) is 7.68. The molecule has 0 saturated heterocycles. The molecular weight excluding hydrogens is 214 g/mol. The van der Waals surface area contributed by atoms with E-state index in [1.165, 1.54) is 0 Å². The molecule has 1 aromatic heterocycles. The molecule has 17 heavy (non-hydrogen) atoms. The first-order valence-corrected chi connectivity index (χ1v) is 5.34. The van der Waals surface area contributed by atoms with Gasteiger partial charge in [-0.1, -0.05) is 0 Å². The van der Waals surface area contributed by atoms with Crippen molar-refractivity contribution in [2.75, 3.05) is 19.0 Å². The molecule has 1 aromatic carbocycles. The van der Waals surface area contributed by atoms with Crippen molar-refractivity contribution in [2.45, 2.75) is 0 Å². The third-order valence-electron chi connectivity index (χ3n) is 2.63. The van der Waals surface area contributed by atoms with Gasteiger partial charge in [0.1, 0.15) is 0 Å². The van der Waals surface area contributed by atoms with Crippen molar-refractivity contribution in [1.29, 1.82) is 0 Å². The lowest BCUT2D eigenvalue weighted by atomic mass is 10.1. The number of carbonyl (C=O) groups is 1.